The van der Waals surface area contributed by atoms with Gasteiger partial charge in [-0.3, -0.25) is 9.59 Å². The van der Waals surface area contributed by atoms with Gasteiger partial charge in [0, 0.05) is 6.42 Å². The topological polar surface area (TPSA) is 54.4 Å². The first-order valence-corrected chi connectivity index (χ1v) is 5.53. The van der Waals surface area contributed by atoms with Crippen molar-refractivity contribution >= 4 is 17.3 Å². The molecular weight excluding hydrogens is 216 g/mol. The van der Waals surface area contributed by atoms with Gasteiger partial charge in [0.2, 0.25) is 0 Å². The molecule has 1 aromatic carbocycles. The van der Waals surface area contributed by atoms with Crippen LogP contribution in [0.3, 0.4) is 0 Å². The molecule has 3 heteroatoms. The van der Waals surface area contributed by atoms with E-state index in [1.165, 1.54) is 0 Å². The molecule has 0 amide bonds. The standard InChI is InChI=1S/C14H14O3/c1-14(13(16)17)8-11(7-12(15)9-14)10-5-3-2-4-6-10/h2-7H,8-9H2,1H3,(H,16,17). The Hall–Kier alpha value is -1.90. The number of aliphatic carboxylic acids is 1. The molecule has 0 bridgehead atoms. The maximum Gasteiger partial charge on any atom is 0.310 e. The minimum absolute atomic E-state index is 0.0820. The summed E-state index contributed by atoms with van der Waals surface area (Å²) >= 11 is 0. The summed E-state index contributed by atoms with van der Waals surface area (Å²) in [6.07, 6.45) is 2.05. The molecular formula is C14H14O3. The van der Waals surface area contributed by atoms with Gasteiger partial charge in [-0.1, -0.05) is 30.3 Å². The molecule has 1 aromatic rings. The molecule has 3 nitrogen and oxygen atoms in total. The highest BCUT2D eigenvalue weighted by Gasteiger charge is 2.39. The average Bonchev–Trinajstić information content (AvgIpc) is 2.29. The summed E-state index contributed by atoms with van der Waals surface area (Å²) in [5.74, 6) is -1.02. The maximum atomic E-state index is 11.6. The zero-order chi connectivity index (χ0) is 12.5. The summed E-state index contributed by atoms with van der Waals surface area (Å²) in [5.41, 5.74) is 0.761. The zero-order valence-electron chi connectivity index (χ0n) is 9.64. The second-order valence-electron chi connectivity index (χ2n) is 4.72. The summed E-state index contributed by atoms with van der Waals surface area (Å²) in [5, 5.41) is 9.20. The van der Waals surface area contributed by atoms with Crippen molar-refractivity contribution in [2.45, 2.75) is 19.8 Å². The lowest BCUT2D eigenvalue weighted by Gasteiger charge is -2.28. The van der Waals surface area contributed by atoms with Gasteiger partial charge in [0.15, 0.2) is 5.78 Å². The Morgan fingerprint density at radius 1 is 1.24 bits per heavy atom. The molecule has 0 aromatic heterocycles. The highest BCUT2D eigenvalue weighted by atomic mass is 16.4. The number of hydrogen-bond acceptors (Lipinski definition) is 2. The van der Waals surface area contributed by atoms with E-state index in [0.717, 1.165) is 11.1 Å². The second kappa shape index (κ2) is 4.17. The van der Waals surface area contributed by atoms with Crippen molar-refractivity contribution in [3.05, 3.63) is 42.0 Å². The maximum absolute atomic E-state index is 11.6. The van der Waals surface area contributed by atoms with Crippen LogP contribution < -0.4 is 0 Å². The molecule has 0 fully saturated rings. The van der Waals surface area contributed by atoms with E-state index >= 15 is 0 Å². The Morgan fingerprint density at radius 3 is 2.47 bits per heavy atom. The predicted octanol–water partition coefficient (Wildman–Crippen LogP) is 2.52. The van der Waals surface area contributed by atoms with E-state index in [1.54, 1.807) is 13.0 Å². The number of carbonyl (C=O) groups excluding carboxylic acids is 1. The largest absolute Gasteiger partial charge is 0.481 e. The van der Waals surface area contributed by atoms with Gasteiger partial charge < -0.3 is 5.11 Å². The molecule has 0 radical (unpaired) electrons. The third-order valence-electron chi connectivity index (χ3n) is 3.14. The van der Waals surface area contributed by atoms with Crippen LogP contribution in [0.4, 0.5) is 0 Å². The number of carboxylic acid groups (broad SMARTS) is 1. The zero-order valence-corrected chi connectivity index (χ0v) is 9.64. The molecule has 0 saturated carbocycles. The first-order valence-electron chi connectivity index (χ1n) is 5.53. The second-order valence-corrected chi connectivity index (χ2v) is 4.72. The van der Waals surface area contributed by atoms with Crippen LogP contribution in [0.2, 0.25) is 0 Å². The number of hydrogen-bond donors (Lipinski definition) is 1. The summed E-state index contributed by atoms with van der Waals surface area (Å²) < 4.78 is 0. The highest BCUT2D eigenvalue weighted by Crippen LogP contribution is 2.38. The Labute approximate surface area is 99.8 Å². The van der Waals surface area contributed by atoms with E-state index in [4.69, 9.17) is 0 Å². The smallest absolute Gasteiger partial charge is 0.310 e. The van der Waals surface area contributed by atoms with Crippen molar-refractivity contribution in [3.8, 4) is 0 Å². The fourth-order valence-electron chi connectivity index (χ4n) is 2.15. The molecule has 0 aliphatic heterocycles. The fourth-order valence-corrected chi connectivity index (χ4v) is 2.15. The van der Waals surface area contributed by atoms with E-state index in [2.05, 4.69) is 0 Å². The van der Waals surface area contributed by atoms with Crippen molar-refractivity contribution in [2.75, 3.05) is 0 Å². The van der Waals surface area contributed by atoms with Gasteiger partial charge in [-0.25, -0.2) is 0 Å². The molecule has 1 atom stereocenters. The number of carbonyl (C=O) groups is 2. The molecule has 1 unspecified atom stereocenters. The van der Waals surface area contributed by atoms with Crippen molar-refractivity contribution in [1.82, 2.24) is 0 Å². The van der Waals surface area contributed by atoms with E-state index in [9.17, 15) is 14.7 Å². The molecule has 1 aliphatic carbocycles. The summed E-state index contributed by atoms with van der Waals surface area (Å²) in [6.45, 7) is 1.63. The van der Waals surface area contributed by atoms with Gasteiger partial charge in [0.1, 0.15) is 0 Å². The van der Waals surface area contributed by atoms with Crippen LogP contribution >= 0.6 is 0 Å². The summed E-state index contributed by atoms with van der Waals surface area (Å²) in [4.78, 5) is 22.8. The number of allylic oxidation sites excluding steroid dienone is 2. The lowest BCUT2D eigenvalue weighted by atomic mass is 9.73. The number of carboxylic acids is 1. The molecule has 0 heterocycles. The van der Waals surface area contributed by atoms with Gasteiger partial charge in [0.25, 0.3) is 0 Å². The van der Waals surface area contributed by atoms with Gasteiger partial charge in [-0.2, -0.15) is 0 Å². The van der Waals surface area contributed by atoms with Gasteiger partial charge in [-0.05, 0) is 30.6 Å². The number of ketones is 1. The molecule has 17 heavy (non-hydrogen) atoms. The quantitative estimate of drug-likeness (QED) is 0.849. The molecule has 2 rings (SSSR count). The van der Waals surface area contributed by atoms with Crippen LogP contribution in [-0.2, 0) is 9.59 Å². The summed E-state index contributed by atoms with van der Waals surface area (Å²) in [7, 11) is 0. The van der Waals surface area contributed by atoms with E-state index in [1.807, 2.05) is 30.3 Å². The van der Waals surface area contributed by atoms with Crippen LogP contribution in [0.1, 0.15) is 25.3 Å². The Bertz CT molecular complexity index is 487. The fraction of sp³-hybridized carbons (Fsp3) is 0.286. The third kappa shape index (κ3) is 2.28. The van der Waals surface area contributed by atoms with E-state index in [-0.39, 0.29) is 12.2 Å². The van der Waals surface area contributed by atoms with Crippen LogP contribution in [0.25, 0.3) is 5.57 Å². The van der Waals surface area contributed by atoms with Crippen LogP contribution in [0.5, 0.6) is 0 Å². The van der Waals surface area contributed by atoms with Gasteiger partial charge in [0.05, 0.1) is 5.41 Å². The van der Waals surface area contributed by atoms with Crippen molar-refractivity contribution in [2.24, 2.45) is 5.41 Å². The third-order valence-corrected chi connectivity index (χ3v) is 3.14. The normalized spacial score (nSPS) is 24.3. The minimum Gasteiger partial charge on any atom is -0.481 e. The molecule has 1 aliphatic rings. The van der Waals surface area contributed by atoms with Crippen LogP contribution in [0.15, 0.2) is 36.4 Å². The first kappa shape index (κ1) is 11.6. The first-order chi connectivity index (χ1) is 8.01. The Balaban J connectivity index is 2.37. The molecule has 88 valence electrons. The van der Waals surface area contributed by atoms with Crippen LogP contribution in [-0.4, -0.2) is 16.9 Å². The number of rotatable bonds is 2. The number of benzene rings is 1. The molecule has 1 N–H and O–H groups in total. The van der Waals surface area contributed by atoms with Crippen molar-refractivity contribution in [3.63, 3.8) is 0 Å². The van der Waals surface area contributed by atoms with E-state index < -0.39 is 11.4 Å². The SMILES string of the molecule is CC1(C(=O)O)CC(=O)C=C(c2ccccc2)C1. The summed E-state index contributed by atoms with van der Waals surface area (Å²) in [6, 6.07) is 9.45. The Kier molecular flexibility index (Phi) is 2.84. The minimum atomic E-state index is -0.975. The molecule has 0 saturated heterocycles. The average molecular weight is 230 g/mol. The van der Waals surface area contributed by atoms with Crippen LogP contribution in [0, 0.1) is 5.41 Å². The highest BCUT2D eigenvalue weighted by molar-refractivity contribution is 6.02. The van der Waals surface area contributed by atoms with Gasteiger partial charge >= 0.3 is 5.97 Å². The van der Waals surface area contributed by atoms with Crippen molar-refractivity contribution < 1.29 is 14.7 Å². The van der Waals surface area contributed by atoms with E-state index in [0.29, 0.717) is 6.42 Å². The monoisotopic (exact) mass is 230 g/mol. The van der Waals surface area contributed by atoms with Crippen molar-refractivity contribution in [1.29, 1.82) is 0 Å². The lowest BCUT2D eigenvalue weighted by molar-refractivity contribution is -0.149. The Morgan fingerprint density at radius 2 is 1.88 bits per heavy atom. The predicted molar refractivity (Wildman–Crippen MR) is 64.4 cm³/mol. The molecule has 0 spiro atoms. The lowest BCUT2D eigenvalue weighted by Crippen LogP contribution is -2.33. The van der Waals surface area contributed by atoms with Gasteiger partial charge in [-0.15, -0.1) is 0 Å².